The number of oxazole rings is 1. The van der Waals surface area contributed by atoms with E-state index in [1.807, 2.05) is 6.92 Å². The second-order valence-corrected chi connectivity index (χ2v) is 3.76. The summed E-state index contributed by atoms with van der Waals surface area (Å²) >= 11 is 0. The SMILES string of the molecule is CC(CN)c1coc(-c2ccc(O)cc2)n1. The highest BCUT2D eigenvalue weighted by molar-refractivity contribution is 5.54. The molecule has 1 aromatic carbocycles. The quantitative estimate of drug-likeness (QED) is 0.827. The van der Waals surface area contributed by atoms with Crippen LogP contribution in [0.4, 0.5) is 0 Å². The second kappa shape index (κ2) is 4.37. The molecule has 2 aromatic rings. The highest BCUT2D eigenvalue weighted by Crippen LogP contribution is 2.23. The van der Waals surface area contributed by atoms with Gasteiger partial charge >= 0.3 is 0 Å². The first-order valence-electron chi connectivity index (χ1n) is 5.15. The van der Waals surface area contributed by atoms with Gasteiger partial charge in [0.25, 0.3) is 0 Å². The molecule has 0 saturated heterocycles. The highest BCUT2D eigenvalue weighted by Gasteiger charge is 2.11. The van der Waals surface area contributed by atoms with Crippen LogP contribution in [0.2, 0.25) is 0 Å². The number of nitrogens with zero attached hydrogens (tertiary/aromatic N) is 1. The van der Waals surface area contributed by atoms with Crippen molar-refractivity contribution in [3.8, 4) is 17.2 Å². The molecule has 1 aromatic heterocycles. The van der Waals surface area contributed by atoms with Crippen LogP contribution >= 0.6 is 0 Å². The summed E-state index contributed by atoms with van der Waals surface area (Å²) in [6.45, 7) is 2.54. The second-order valence-electron chi connectivity index (χ2n) is 3.76. The number of phenolic OH excluding ortho intramolecular Hbond substituents is 1. The summed E-state index contributed by atoms with van der Waals surface area (Å²) in [5.74, 6) is 0.968. The minimum absolute atomic E-state index is 0.189. The van der Waals surface area contributed by atoms with Gasteiger partial charge in [-0.05, 0) is 24.3 Å². The van der Waals surface area contributed by atoms with Gasteiger partial charge in [0.05, 0.1) is 5.69 Å². The molecule has 1 atom stereocenters. The Kier molecular flexibility index (Phi) is 2.92. The third-order valence-corrected chi connectivity index (χ3v) is 2.49. The molecule has 2 rings (SSSR count). The van der Waals surface area contributed by atoms with Crippen LogP contribution in [-0.4, -0.2) is 16.6 Å². The van der Waals surface area contributed by atoms with Crippen molar-refractivity contribution in [3.63, 3.8) is 0 Å². The van der Waals surface area contributed by atoms with Crippen LogP contribution < -0.4 is 5.73 Å². The van der Waals surface area contributed by atoms with E-state index in [4.69, 9.17) is 15.3 Å². The molecule has 0 aliphatic heterocycles. The zero-order chi connectivity index (χ0) is 11.5. The summed E-state index contributed by atoms with van der Waals surface area (Å²) in [6, 6.07) is 6.73. The fraction of sp³-hybridized carbons (Fsp3) is 0.250. The predicted molar refractivity (Wildman–Crippen MR) is 61.1 cm³/mol. The van der Waals surface area contributed by atoms with Gasteiger partial charge in [0.15, 0.2) is 0 Å². The molecule has 1 heterocycles. The molecule has 0 spiro atoms. The molecule has 84 valence electrons. The van der Waals surface area contributed by atoms with E-state index >= 15 is 0 Å². The third-order valence-electron chi connectivity index (χ3n) is 2.49. The number of rotatable bonds is 3. The Balaban J connectivity index is 2.28. The molecule has 1 unspecified atom stereocenters. The van der Waals surface area contributed by atoms with Gasteiger partial charge in [-0.2, -0.15) is 0 Å². The van der Waals surface area contributed by atoms with E-state index in [9.17, 15) is 0 Å². The topological polar surface area (TPSA) is 72.3 Å². The third kappa shape index (κ3) is 2.06. The molecule has 16 heavy (non-hydrogen) atoms. The van der Waals surface area contributed by atoms with Crippen LogP contribution in [0.15, 0.2) is 34.9 Å². The Morgan fingerprint density at radius 3 is 2.69 bits per heavy atom. The van der Waals surface area contributed by atoms with Gasteiger partial charge < -0.3 is 15.3 Å². The van der Waals surface area contributed by atoms with Crippen molar-refractivity contribution in [2.45, 2.75) is 12.8 Å². The maximum Gasteiger partial charge on any atom is 0.226 e. The molecule has 0 aliphatic carbocycles. The van der Waals surface area contributed by atoms with Crippen molar-refractivity contribution in [1.29, 1.82) is 0 Å². The Hall–Kier alpha value is -1.81. The van der Waals surface area contributed by atoms with Crippen LogP contribution in [0.25, 0.3) is 11.5 Å². The lowest BCUT2D eigenvalue weighted by atomic mass is 10.1. The van der Waals surface area contributed by atoms with Crippen LogP contribution in [0.3, 0.4) is 0 Å². The molecule has 0 amide bonds. The summed E-state index contributed by atoms with van der Waals surface area (Å²) in [5, 5.41) is 9.17. The van der Waals surface area contributed by atoms with Crippen molar-refractivity contribution < 1.29 is 9.52 Å². The molecular formula is C12H14N2O2. The standard InChI is InChI=1S/C12H14N2O2/c1-8(6-13)11-7-16-12(14-11)9-2-4-10(15)5-3-9/h2-5,7-8,15H,6,13H2,1H3. The lowest BCUT2D eigenvalue weighted by molar-refractivity contribution is 0.475. The van der Waals surface area contributed by atoms with E-state index in [0.717, 1.165) is 11.3 Å². The van der Waals surface area contributed by atoms with E-state index in [2.05, 4.69) is 4.98 Å². The molecule has 0 saturated carbocycles. The van der Waals surface area contributed by atoms with Crippen molar-refractivity contribution in [1.82, 2.24) is 4.98 Å². The van der Waals surface area contributed by atoms with Crippen LogP contribution in [-0.2, 0) is 0 Å². The van der Waals surface area contributed by atoms with Crippen molar-refractivity contribution in [2.75, 3.05) is 6.54 Å². The molecule has 0 fully saturated rings. The average Bonchev–Trinajstić information content (AvgIpc) is 2.78. The summed E-state index contributed by atoms with van der Waals surface area (Å²) in [7, 11) is 0. The highest BCUT2D eigenvalue weighted by atomic mass is 16.3. The van der Waals surface area contributed by atoms with Crippen LogP contribution in [0.5, 0.6) is 5.75 Å². The molecule has 3 N–H and O–H groups in total. The van der Waals surface area contributed by atoms with Gasteiger partial charge in [-0.25, -0.2) is 4.98 Å². The lowest BCUT2D eigenvalue weighted by Gasteiger charge is -2.01. The average molecular weight is 218 g/mol. The molecule has 0 bridgehead atoms. The van der Waals surface area contributed by atoms with E-state index in [0.29, 0.717) is 12.4 Å². The van der Waals surface area contributed by atoms with Gasteiger partial charge in [0.2, 0.25) is 5.89 Å². The van der Waals surface area contributed by atoms with Gasteiger partial charge in [-0.3, -0.25) is 0 Å². The maximum atomic E-state index is 9.17. The monoisotopic (exact) mass is 218 g/mol. The first-order chi connectivity index (χ1) is 7.70. The van der Waals surface area contributed by atoms with Crippen molar-refractivity contribution in [2.24, 2.45) is 5.73 Å². The van der Waals surface area contributed by atoms with Gasteiger partial charge in [0, 0.05) is 18.0 Å². The fourth-order valence-corrected chi connectivity index (χ4v) is 1.37. The summed E-state index contributed by atoms with van der Waals surface area (Å²) in [5.41, 5.74) is 7.25. The number of nitrogens with two attached hydrogens (primary N) is 1. The Morgan fingerprint density at radius 1 is 1.38 bits per heavy atom. The molecule has 0 radical (unpaired) electrons. The molecule has 4 heteroatoms. The zero-order valence-electron chi connectivity index (χ0n) is 9.05. The van der Waals surface area contributed by atoms with Gasteiger partial charge in [-0.15, -0.1) is 0 Å². The van der Waals surface area contributed by atoms with E-state index in [1.54, 1.807) is 30.5 Å². The van der Waals surface area contributed by atoms with Gasteiger partial charge in [-0.1, -0.05) is 6.92 Å². The Morgan fingerprint density at radius 2 is 2.06 bits per heavy atom. The first kappa shape index (κ1) is 10.7. The largest absolute Gasteiger partial charge is 0.508 e. The van der Waals surface area contributed by atoms with Crippen LogP contribution in [0.1, 0.15) is 18.5 Å². The lowest BCUT2D eigenvalue weighted by Crippen LogP contribution is -2.08. The summed E-state index contributed by atoms with van der Waals surface area (Å²) < 4.78 is 5.37. The minimum Gasteiger partial charge on any atom is -0.508 e. The maximum absolute atomic E-state index is 9.17. The molecule has 4 nitrogen and oxygen atoms in total. The Bertz CT molecular complexity index is 462. The summed E-state index contributed by atoms with van der Waals surface area (Å²) in [6.07, 6.45) is 1.62. The minimum atomic E-state index is 0.189. The van der Waals surface area contributed by atoms with Gasteiger partial charge in [0.1, 0.15) is 12.0 Å². The van der Waals surface area contributed by atoms with E-state index < -0.39 is 0 Å². The zero-order valence-corrected chi connectivity index (χ0v) is 9.05. The van der Waals surface area contributed by atoms with E-state index in [1.165, 1.54) is 0 Å². The number of aromatic nitrogens is 1. The smallest absolute Gasteiger partial charge is 0.226 e. The molecular weight excluding hydrogens is 204 g/mol. The number of aromatic hydroxyl groups is 1. The molecule has 0 aliphatic rings. The normalized spacial score (nSPS) is 12.6. The Labute approximate surface area is 93.7 Å². The first-order valence-corrected chi connectivity index (χ1v) is 5.15. The fourth-order valence-electron chi connectivity index (χ4n) is 1.37. The van der Waals surface area contributed by atoms with E-state index in [-0.39, 0.29) is 11.7 Å². The summed E-state index contributed by atoms with van der Waals surface area (Å²) in [4.78, 5) is 4.35. The number of hydrogen-bond acceptors (Lipinski definition) is 4. The van der Waals surface area contributed by atoms with Crippen LogP contribution in [0, 0.1) is 0 Å². The van der Waals surface area contributed by atoms with Crippen molar-refractivity contribution in [3.05, 3.63) is 36.2 Å². The number of hydrogen-bond donors (Lipinski definition) is 2. The number of phenols is 1. The van der Waals surface area contributed by atoms with Crippen molar-refractivity contribution >= 4 is 0 Å². The predicted octanol–water partition coefficient (Wildman–Crippen LogP) is 2.11. The number of benzene rings is 1.